The van der Waals surface area contributed by atoms with Gasteiger partial charge in [-0.15, -0.1) is 10.2 Å². The second-order valence-corrected chi connectivity index (χ2v) is 6.15. The summed E-state index contributed by atoms with van der Waals surface area (Å²) in [5, 5.41) is 12.4. The Morgan fingerprint density at radius 3 is 2.58 bits per heavy atom. The SMILES string of the molecule is CCCCc1nnc(NC(=O)c2ccc(OCC)c(OCC)c2)s1. The zero-order valence-electron chi connectivity index (χ0n) is 14.3. The summed E-state index contributed by atoms with van der Waals surface area (Å²) >= 11 is 1.41. The average molecular weight is 349 g/mol. The van der Waals surface area contributed by atoms with Crippen molar-refractivity contribution >= 4 is 22.4 Å². The molecular weight excluding hydrogens is 326 g/mol. The van der Waals surface area contributed by atoms with Gasteiger partial charge in [0.25, 0.3) is 5.91 Å². The van der Waals surface area contributed by atoms with Crippen LogP contribution in [0.2, 0.25) is 0 Å². The highest BCUT2D eigenvalue weighted by Crippen LogP contribution is 2.29. The minimum atomic E-state index is -0.239. The molecule has 0 aliphatic rings. The first-order chi connectivity index (χ1) is 11.7. The summed E-state index contributed by atoms with van der Waals surface area (Å²) in [6.07, 6.45) is 3.06. The first-order valence-corrected chi connectivity index (χ1v) is 9.02. The largest absolute Gasteiger partial charge is 0.490 e. The fourth-order valence-electron chi connectivity index (χ4n) is 2.09. The first-order valence-electron chi connectivity index (χ1n) is 8.21. The van der Waals surface area contributed by atoms with Crippen molar-refractivity contribution in [3.63, 3.8) is 0 Å². The van der Waals surface area contributed by atoms with Crippen LogP contribution in [0.15, 0.2) is 18.2 Å². The fraction of sp³-hybridized carbons (Fsp3) is 0.471. The van der Waals surface area contributed by atoms with Crippen LogP contribution >= 0.6 is 11.3 Å². The molecule has 0 saturated heterocycles. The number of hydrogen-bond donors (Lipinski definition) is 1. The normalized spacial score (nSPS) is 10.5. The number of benzene rings is 1. The van der Waals surface area contributed by atoms with Crippen molar-refractivity contribution in [1.29, 1.82) is 0 Å². The second-order valence-electron chi connectivity index (χ2n) is 5.09. The predicted molar refractivity (Wildman–Crippen MR) is 95.3 cm³/mol. The first kappa shape index (κ1) is 18.2. The minimum Gasteiger partial charge on any atom is -0.490 e. The topological polar surface area (TPSA) is 73.3 Å². The monoisotopic (exact) mass is 349 g/mol. The molecule has 1 amide bonds. The van der Waals surface area contributed by atoms with Gasteiger partial charge in [0.2, 0.25) is 5.13 Å². The van der Waals surface area contributed by atoms with Crippen LogP contribution in [0.25, 0.3) is 0 Å². The summed E-state index contributed by atoms with van der Waals surface area (Å²) in [6, 6.07) is 5.14. The number of carbonyl (C=O) groups is 1. The summed E-state index contributed by atoms with van der Waals surface area (Å²) < 4.78 is 11.1. The third kappa shape index (κ3) is 4.92. The molecule has 0 aliphatic heterocycles. The van der Waals surface area contributed by atoms with Crippen LogP contribution in [0.5, 0.6) is 11.5 Å². The van der Waals surface area contributed by atoms with E-state index in [4.69, 9.17) is 9.47 Å². The van der Waals surface area contributed by atoms with Crippen molar-refractivity contribution in [3.05, 3.63) is 28.8 Å². The Hall–Kier alpha value is -2.15. The van der Waals surface area contributed by atoms with E-state index in [2.05, 4.69) is 22.4 Å². The van der Waals surface area contributed by atoms with E-state index in [1.807, 2.05) is 13.8 Å². The van der Waals surface area contributed by atoms with E-state index in [0.29, 0.717) is 35.4 Å². The van der Waals surface area contributed by atoms with Gasteiger partial charge in [0.05, 0.1) is 13.2 Å². The van der Waals surface area contributed by atoms with Crippen molar-refractivity contribution in [3.8, 4) is 11.5 Å². The number of ether oxygens (including phenoxy) is 2. The highest BCUT2D eigenvalue weighted by Gasteiger charge is 2.13. The minimum absolute atomic E-state index is 0.239. The predicted octanol–water partition coefficient (Wildman–Crippen LogP) is 3.93. The molecule has 24 heavy (non-hydrogen) atoms. The van der Waals surface area contributed by atoms with Crippen LogP contribution in [0.4, 0.5) is 5.13 Å². The molecule has 0 bridgehead atoms. The van der Waals surface area contributed by atoms with Gasteiger partial charge in [-0.1, -0.05) is 24.7 Å². The number of aryl methyl sites for hydroxylation is 1. The standard InChI is InChI=1S/C17H23N3O3S/c1-4-7-8-15-19-20-17(24-15)18-16(21)12-9-10-13(22-5-2)14(11-12)23-6-3/h9-11H,4-8H2,1-3H3,(H,18,20,21). The van der Waals surface area contributed by atoms with E-state index in [9.17, 15) is 4.79 Å². The van der Waals surface area contributed by atoms with Gasteiger partial charge in [0, 0.05) is 12.0 Å². The zero-order valence-corrected chi connectivity index (χ0v) is 15.1. The lowest BCUT2D eigenvalue weighted by Crippen LogP contribution is -2.12. The lowest BCUT2D eigenvalue weighted by molar-refractivity contribution is 0.102. The van der Waals surface area contributed by atoms with Crippen LogP contribution in [-0.2, 0) is 6.42 Å². The van der Waals surface area contributed by atoms with Crippen molar-refractivity contribution in [1.82, 2.24) is 10.2 Å². The van der Waals surface area contributed by atoms with Gasteiger partial charge in [0.15, 0.2) is 11.5 Å². The number of carbonyl (C=O) groups excluding carboxylic acids is 1. The van der Waals surface area contributed by atoms with Gasteiger partial charge in [0.1, 0.15) is 5.01 Å². The summed E-state index contributed by atoms with van der Waals surface area (Å²) in [7, 11) is 0. The number of aromatic nitrogens is 2. The fourth-order valence-corrected chi connectivity index (χ4v) is 2.87. The quantitative estimate of drug-likeness (QED) is 0.742. The highest BCUT2D eigenvalue weighted by molar-refractivity contribution is 7.15. The molecule has 7 heteroatoms. The maximum Gasteiger partial charge on any atom is 0.257 e. The summed E-state index contributed by atoms with van der Waals surface area (Å²) in [5.74, 6) is 0.957. The van der Waals surface area contributed by atoms with Crippen molar-refractivity contribution < 1.29 is 14.3 Å². The number of nitrogens with zero attached hydrogens (tertiary/aromatic N) is 2. The molecule has 2 aromatic rings. The summed E-state index contributed by atoms with van der Waals surface area (Å²) in [5.41, 5.74) is 0.493. The lowest BCUT2D eigenvalue weighted by atomic mass is 10.2. The number of nitrogens with one attached hydrogen (secondary N) is 1. The van der Waals surface area contributed by atoms with Crippen molar-refractivity contribution in [2.75, 3.05) is 18.5 Å². The number of rotatable bonds is 9. The summed E-state index contributed by atoms with van der Waals surface area (Å²) in [4.78, 5) is 12.4. The Morgan fingerprint density at radius 1 is 1.12 bits per heavy atom. The van der Waals surface area contributed by atoms with Gasteiger partial charge in [-0.25, -0.2) is 0 Å². The van der Waals surface area contributed by atoms with Crippen LogP contribution < -0.4 is 14.8 Å². The molecule has 0 unspecified atom stereocenters. The molecule has 1 aromatic carbocycles. The summed E-state index contributed by atoms with van der Waals surface area (Å²) in [6.45, 7) is 6.97. The van der Waals surface area contributed by atoms with Gasteiger partial charge in [-0.3, -0.25) is 10.1 Å². The Kier molecular flexibility index (Phi) is 6.99. The third-order valence-corrected chi connectivity index (χ3v) is 4.14. The number of hydrogen-bond acceptors (Lipinski definition) is 6. The highest BCUT2D eigenvalue weighted by atomic mass is 32.1. The van der Waals surface area contributed by atoms with E-state index >= 15 is 0 Å². The van der Waals surface area contributed by atoms with E-state index in [0.717, 1.165) is 24.3 Å². The molecule has 2 rings (SSSR count). The van der Waals surface area contributed by atoms with Crippen molar-refractivity contribution in [2.45, 2.75) is 40.0 Å². The van der Waals surface area contributed by atoms with Crippen LogP contribution in [0, 0.1) is 0 Å². The molecule has 130 valence electrons. The molecule has 0 spiro atoms. The van der Waals surface area contributed by atoms with Crippen LogP contribution in [0.3, 0.4) is 0 Å². The molecule has 6 nitrogen and oxygen atoms in total. The molecule has 0 fully saturated rings. The van der Waals surface area contributed by atoms with Crippen molar-refractivity contribution in [2.24, 2.45) is 0 Å². The molecule has 0 aliphatic carbocycles. The molecule has 0 atom stereocenters. The maximum absolute atomic E-state index is 12.4. The Labute approximate surface area is 146 Å². The third-order valence-electron chi connectivity index (χ3n) is 3.24. The second kappa shape index (κ2) is 9.22. The lowest BCUT2D eigenvalue weighted by Gasteiger charge is -2.12. The Morgan fingerprint density at radius 2 is 1.88 bits per heavy atom. The van der Waals surface area contributed by atoms with Gasteiger partial charge in [-0.05, 0) is 38.5 Å². The smallest absolute Gasteiger partial charge is 0.257 e. The van der Waals surface area contributed by atoms with Gasteiger partial charge >= 0.3 is 0 Å². The average Bonchev–Trinajstić information content (AvgIpc) is 3.02. The van der Waals surface area contributed by atoms with Crippen LogP contribution in [0.1, 0.15) is 49.0 Å². The Bertz CT molecular complexity index is 673. The number of unbranched alkanes of at least 4 members (excludes halogenated alkanes) is 1. The van der Waals surface area contributed by atoms with E-state index < -0.39 is 0 Å². The molecule has 1 N–H and O–H groups in total. The molecule has 1 aromatic heterocycles. The number of anilines is 1. The maximum atomic E-state index is 12.4. The number of amides is 1. The molecule has 1 heterocycles. The van der Waals surface area contributed by atoms with Crippen LogP contribution in [-0.4, -0.2) is 29.3 Å². The Balaban J connectivity index is 2.08. The van der Waals surface area contributed by atoms with E-state index in [1.54, 1.807) is 18.2 Å². The van der Waals surface area contributed by atoms with Gasteiger partial charge < -0.3 is 9.47 Å². The molecule has 0 saturated carbocycles. The van der Waals surface area contributed by atoms with E-state index in [1.165, 1.54) is 11.3 Å². The van der Waals surface area contributed by atoms with E-state index in [-0.39, 0.29) is 5.91 Å². The van der Waals surface area contributed by atoms with Gasteiger partial charge in [-0.2, -0.15) is 0 Å². The molecular formula is C17H23N3O3S. The zero-order chi connectivity index (χ0) is 17.4. The molecule has 0 radical (unpaired) electrons.